The third-order valence-electron chi connectivity index (χ3n) is 3.22. The van der Waals surface area contributed by atoms with Crippen LogP contribution in [0.25, 0.3) is 5.69 Å². The van der Waals surface area contributed by atoms with Crippen LogP contribution in [-0.4, -0.2) is 20.7 Å². The fourth-order valence-corrected chi connectivity index (χ4v) is 2.78. The van der Waals surface area contributed by atoms with E-state index in [1.165, 1.54) is 11.3 Å². The molecule has 3 aromatic rings. The maximum absolute atomic E-state index is 12.0. The predicted molar refractivity (Wildman–Crippen MR) is 87.4 cm³/mol. The van der Waals surface area contributed by atoms with Crippen molar-refractivity contribution in [2.75, 3.05) is 5.32 Å². The molecule has 5 nitrogen and oxygen atoms in total. The van der Waals surface area contributed by atoms with Crippen molar-refractivity contribution in [1.82, 2.24) is 14.8 Å². The normalized spacial score (nSPS) is 10.6. The minimum Gasteiger partial charge on any atom is -0.324 e. The lowest BCUT2D eigenvalue weighted by Gasteiger charge is -2.05. The average Bonchev–Trinajstić information content (AvgIpc) is 3.19. The zero-order valence-electron chi connectivity index (χ0n) is 12.2. The van der Waals surface area contributed by atoms with Gasteiger partial charge in [0.05, 0.1) is 6.42 Å². The van der Waals surface area contributed by atoms with Crippen molar-refractivity contribution in [3.63, 3.8) is 0 Å². The zero-order valence-corrected chi connectivity index (χ0v) is 13.0. The number of nitrogens with zero attached hydrogens (tertiary/aromatic N) is 3. The van der Waals surface area contributed by atoms with Gasteiger partial charge in [0.25, 0.3) is 0 Å². The van der Waals surface area contributed by atoms with Gasteiger partial charge >= 0.3 is 0 Å². The molecule has 22 heavy (non-hydrogen) atoms. The smallest absolute Gasteiger partial charge is 0.230 e. The van der Waals surface area contributed by atoms with Gasteiger partial charge in [-0.1, -0.05) is 30.4 Å². The summed E-state index contributed by atoms with van der Waals surface area (Å²) < 4.78 is 2.03. The Bertz CT molecular complexity index is 747. The van der Waals surface area contributed by atoms with Gasteiger partial charge in [-0.25, -0.2) is 0 Å². The number of rotatable bonds is 5. The van der Waals surface area contributed by atoms with E-state index in [1.807, 2.05) is 60.3 Å². The molecule has 0 fully saturated rings. The second kappa shape index (κ2) is 6.53. The average molecular weight is 312 g/mol. The van der Waals surface area contributed by atoms with Crippen LogP contribution in [0.15, 0.2) is 48.8 Å². The van der Waals surface area contributed by atoms with Crippen molar-refractivity contribution in [3.05, 3.63) is 59.4 Å². The number of nitrogens with one attached hydrogen (secondary N) is 1. The molecule has 0 spiro atoms. The van der Waals surface area contributed by atoms with E-state index in [-0.39, 0.29) is 5.91 Å². The number of hydrogen-bond donors (Lipinski definition) is 1. The lowest BCUT2D eigenvalue weighted by Crippen LogP contribution is -2.14. The molecule has 2 heterocycles. The number of anilines is 1. The van der Waals surface area contributed by atoms with E-state index in [0.29, 0.717) is 11.6 Å². The van der Waals surface area contributed by atoms with Gasteiger partial charge in [-0.05, 0) is 36.2 Å². The number of carbonyl (C=O) groups excluding carboxylic acids is 1. The Morgan fingerprint density at radius 1 is 1.18 bits per heavy atom. The summed E-state index contributed by atoms with van der Waals surface area (Å²) in [7, 11) is 0. The van der Waals surface area contributed by atoms with Crippen LogP contribution in [0.2, 0.25) is 0 Å². The Morgan fingerprint density at radius 3 is 2.55 bits per heavy atom. The number of benzene rings is 1. The number of aryl methyl sites for hydroxylation is 1. The standard InChI is InChI=1S/C16H16N4OS/c1-2-15-18-19-16(22-15)17-14(21)11-12-5-7-13(8-6-12)20-9-3-4-10-20/h3-10H,2,11H2,1H3,(H,17,19,21). The molecule has 6 heteroatoms. The van der Waals surface area contributed by atoms with E-state index in [1.54, 1.807) is 0 Å². The molecule has 0 atom stereocenters. The molecule has 0 saturated carbocycles. The highest BCUT2D eigenvalue weighted by Crippen LogP contribution is 2.16. The number of amides is 1. The van der Waals surface area contributed by atoms with Gasteiger partial charge in [-0.3, -0.25) is 4.79 Å². The predicted octanol–water partition coefficient (Wildman–Crippen LogP) is 3.07. The van der Waals surface area contributed by atoms with Crippen LogP contribution in [0.1, 0.15) is 17.5 Å². The van der Waals surface area contributed by atoms with Gasteiger partial charge in [0.2, 0.25) is 11.0 Å². The molecule has 0 aliphatic heterocycles. The molecule has 1 N–H and O–H groups in total. The third-order valence-corrected chi connectivity index (χ3v) is 4.20. The monoisotopic (exact) mass is 312 g/mol. The van der Waals surface area contributed by atoms with Gasteiger partial charge in [-0.15, -0.1) is 10.2 Å². The summed E-state index contributed by atoms with van der Waals surface area (Å²) in [5.41, 5.74) is 2.04. The van der Waals surface area contributed by atoms with Crippen LogP contribution in [0, 0.1) is 0 Å². The van der Waals surface area contributed by atoms with E-state index < -0.39 is 0 Å². The summed E-state index contributed by atoms with van der Waals surface area (Å²) in [6.45, 7) is 2.01. The van der Waals surface area contributed by atoms with E-state index in [4.69, 9.17) is 0 Å². The molecule has 0 saturated heterocycles. The van der Waals surface area contributed by atoms with Crippen LogP contribution in [0.5, 0.6) is 0 Å². The van der Waals surface area contributed by atoms with Gasteiger partial charge < -0.3 is 9.88 Å². The van der Waals surface area contributed by atoms with E-state index >= 15 is 0 Å². The molecule has 0 bridgehead atoms. The first-order valence-corrected chi connectivity index (χ1v) is 7.91. The van der Waals surface area contributed by atoms with Gasteiger partial charge in [0, 0.05) is 18.1 Å². The third kappa shape index (κ3) is 3.40. The second-order valence-corrected chi connectivity index (χ2v) is 5.90. The largest absolute Gasteiger partial charge is 0.324 e. The summed E-state index contributed by atoms with van der Waals surface area (Å²) in [5, 5.41) is 12.2. The van der Waals surface area contributed by atoms with E-state index in [0.717, 1.165) is 22.7 Å². The lowest BCUT2D eigenvalue weighted by molar-refractivity contribution is -0.115. The first kappa shape index (κ1) is 14.5. The van der Waals surface area contributed by atoms with Gasteiger partial charge in [0.15, 0.2) is 0 Å². The van der Waals surface area contributed by atoms with Crippen LogP contribution in [0.4, 0.5) is 5.13 Å². The summed E-state index contributed by atoms with van der Waals surface area (Å²) in [4.78, 5) is 12.0. The number of carbonyl (C=O) groups is 1. The minimum absolute atomic E-state index is 0.0764. The molecule has 1 amide bonds. The minimum atomic E-state index is -0.0764. The van der Waals surface area contributed by atoms with Crippen molar-refractivity contribution in [2.24, 2.45) is 0 Å². The molecule has 112 valence electrons. The van der Waals surface area contributed by atoms with Crippen molar-refractivity contribution < 1.29 is 4.79 Å². The number of hydrogen-bond acceptors (Lipinski definition) is 4. The molecule has 0 unspecified atom stereocenters. The SMILES string of the molecule is CCc1nnc(NC(=O)Cc2ccc(-n3cccc3)cc2)s1. The molecule has 0 aliphatic rings. The summed E-state index contributed by atoms with van der Waals surface area (Å²) in [6.07, 6.45) is 5.13. The van der Waals surface area contributed by atoms with Crippen molar-refractivity contribution in [2.45, 2.75) is 19.8 Å². The van der Waals surface area contributed by atoms with Crippen LogP contribution >= 0.6 is 11.3 Å². The molecule has 2 aromatic heterocycles. The maximum Gasteiger partial charge on any atom is 0.230 e. The second-order valence-electron chi connectivity index (χ2n) is 4.84. The van der Waals surface area contributed by atoms with E-state index in [9.17, 15) is 4.79 Å². The van der Waals surface area contributed by atoms with Crippen LogP contribution in [0.3, 0.4) is 0 Å². The zero-order chi connectivity index (χ0) is 15.4. The summed E-state index contributed by atoms with van der Waals surface area (Å²) in [6, 6.07) is 11.9. The first-order valence-electron chi connectivity index (χ1n) is 7.09. The highest BCUT2D eigenvalue weighted by Gasteiger charge is 2.08. The quantitative estimate of drug-likeness (QED) is 0.787. The maximum atomic E-state index is 12.0. The summed E-state index contributed by atoms with van der Waals surface area (Å²) in [5.74, 6) is -0.0764. The van der Waals surface area contributed by atoms with Crippen molar-refractivity contribution in [1.29, 1.82) is 0 Å². The molecule has 3 rings (SSSR count). The summed E-state index contributed by atoms with van der Waals surface area (Å²) >= 11 is 1.41. The van der Waals surface area contributed by atoms with Gasteiger partial charge in [0.1, 0.15) is 5.01 Å². The fraction of sp³-hybridized carbons (Fsp3) is 0.188. The molecule has 0 aliphatic carbocycles. The Labute approximate surface area is 132 Å². The van der Waals surface area contributed by atoms with Gasteiger partial charge in [-0.2, -0.15) is 0 Å². The fourth-order valence-electron chi connectivity index (χ4n) is 2.09. The van der Waals surface area contributed by atoms with E-state index in [2.05, 4.69) is 15.5 Å². The Kier molecular flexibility index (Phi) is 4.29. The molecular weight excluding hydrogens is 296 g/mol. The van der Waals surface area contributed by atoms with Crippen molar-refractivity contribution in [3.8, 4) is 5.69 Å². The Morgan fingerprint density at radius 2 is 1.91 bits per heavy atom. The van der Waals surface area contributed by atoms with Crippen LogP contribution < -0.4 is 5.32 Å². The topological polar surface area (TPSA) is 59.8 Å². The molecule has 0 radical (unpaired) electrons. The highest BCUT2D eigenvalue weighted by atomic mass is 32.1. The molecule has 1 aromatic carbocycles. The van der Waals surface area contributed by atoms with Crippen molar-refractivity contribution >= 4 is 22.4 Å². The van der Waals surface area contributed by atoms with Crippen LogP contribution in [-0.2, 0) is 17.6 Å². The number of aromatic nitrogens is 3. The Balaban J connectivity index is 1.61. The Hall–Kier alpha value is -2.47. The lowest BCUT2D eigenvalue weighted by atomic mass is 10.1. The highest BCUT2D eigenvalue weighted by molar-refractivity contribution is 7.15. The molecular formula is C16H16N4OS. The first-order chi connectivity index (χ1) is 10.7.